The number of ketones is 1. The third-order valence-corrected chi connectivity index (χ3v) is 4.32. The fraction of sp³-hybridized carbons (Fsp3) is 0.476. The van der Waals surface area contributed by atoms with E-state index in [-0.39, 0.29) is 11.7 Å². The van der Waals surface area contributed by atoms with Crippen LogP contribution in [0.3, 0.4) is 0 Å². The van der Waals surface area contributed by atoms with E-state index in [2.05, 4.69) is 6.08 Å². The lowest BCUT2D eigenvalue weighted by Gasteiger charge is -2.12. The Hall–Kier alpha value is -1.45. The van der Waals surface area contributed by atoms with Gasteiger partial charge in [0.15, 0.2) is 0 Å². The second kappa shape index (κ2) is 13.9. The molecule has 1 atom stereocenters. The Kier molecular flexibility index (Phi) is 13.1. The third-order valence-electron chi connectivity index (χ3n) is 3.38. The summed E-state index contributed by atoms with van der Waals surface area (Å²) in [5, 5.41) is 2.01. The molecule has 24 heavy (non-hydrogen) atoms. The number of allylic oxidation sites excluding steroid dienone is 5. The zero-order chi connectivity index (χ0) is 18.4. The van der Waals surface area contributed by atoms with Crippen molar-refractivity contribution in [3.05, 3.63) is 57.8 Å². The molecule has 2 rings (SSSR count). The summed E-state index contributed by atoms with van der Waals surface area (Å²) in [7, 11) is 0. The molecule has 1 aliphatic rings. The van der Waals surface area contributed by atoms with Crippen LogP contribution in [0.15, 0.2) is 53.0 Å². The zero-order valence-corrected chi connectivity index (χ0v) is 16.7. The van der Waals surface area contributed by atoms with Gasteiger partial charge in [0.05, 0.1) is 5.92 Å². The number of Topliss-reactive ketones (excluding diaryl/α,β-unsaturated/α-hetero) is 1. The van der Waals surface area contributed by atoms with Crippen LogP contribution >= 0.6 is 11.3 Å². The van der Waals surface area contributed by atoms with E-state index in [1.54, 1.807) is 23.8 Å². The summed E-state index contributed by atoms with van der Waals surface area (Å²) in [4.78, 5) is 12.7. The maximum absolute atomic E-state index is 11.6. The van der Waals surface area contributed by atoms with E-state index in [0.29, 0.717) is 0 Å². The molecule has 0 aliphatic heterocycles. The predicted molar refractivity (Wildman–Crippen MR) is 109 cm³/mol. The van der Waals surface area contributed by atoms with Gasteiger partial charge in [0, 0.05) is 4.88 Å². The van der Waals surface area contributed by atoms with Crippen molar-refractivity contribution in [3.8, 4) is 0 Å². The van der Waals surface area contributed by atoms with Gasteiger partial charge in [-0.05, 0) is 58.0 Å². The summed E-state index contributed by atoms with van der Waals surface area (Å²) in [5.41, 5.74) is 7.96. The molecule has 0 radical (unpaired) electrons. The van der Waals surface area contributed by atoms with Gasteiger partial charge in [-0.25, -0.2) is 0 Å². The predicted octanol–water partition coefficient (Wildman–Crippen LogP) is 6.02. The normalized spacial score (nSPS) is 14.2. The first kappa shape index (κ1) is 22.6. The summed E-state index contributed by atoms with van der Waals surface area (Å²) >= 11 is 1.64. The fourth-order valence-electron chi connectivity index (χ4n) is 2.11. The van der Waals surface area contributed by atoms with Crippen LogP contribution in [0.1, 0.15) is 64.7 Å². The SMILES string of the molecule is C/C=C\C=C(/C)C(C(C)=O)c1cccs1.CC.NCCC=C1CC1. The number of hydrogen-bond donors (Lipinski definition) is 1. The van der Waals surface area contributed by atoms with Crippen LogP contribution in [-0.2, 0) is 4.79 Å². The molecule has 0 saturated heterocycles. The molecule has 0 spiro atoms. The molecule has 1 saturated carbocycles. The van der Waals surface area contributed by atoms with E-state index in [0.717, 1.165) is 23.4 Å². The molecular formula is C21H33NOS. The van der Waals surface area contributed by atoms with Gasteiger partial charge in [0.25, 0.3) is 0 Å². The van der Waals surface area contributed by atoms with Crippen LogP contribution < -0.4 is 5.73 Å². The van der Waals surface area contributed by atoms with Crippen molar-refractivity contribution >= 4 is 17.1 Å². The Morgan fingerprint density at radius 3 is 2.42 bits per heavy atom. The van der Waals surface area contributed by atoms with Crippen molar-refractivity contribution in [1.82, 2.24) is 0 Å². The smallest absolute Gasteiger partial charge is 0.142 e. The second-order valence-electron chi connectivity index (χ2n) is 5.44. The molecule has 134 valence electrons. The first-order valence-corrected chi connectivity index (χ1v) is 9.69. The van der Waals surface area contributed by atoms with Crippen LogP contribution in [0.5, 0.6) is 0 Å². The van der Waals surface area contributed by atoms with E-state index < -0.39 is 0 Å². The molecule has 1 unspecified atom stereocenters. The van der Waals surface area contributed by atoms with Crippen LogP contribution in [0.2, 0.25) is 0 Å². The van der Waals surface area contributed by atoms with Crippen molar-refractivity contribution in [3.63, 3.8) is 0 Å². The first-order valence-electron chi connectivity index (χ1n) is 8.81. The molecule has 1 aromatic rings. The van der Waals surface area contributed by atoms with Gasteiger partial charge in [0.1, 0.15) is 5.78 Å². The van der Waals surface area contributed by atoms with Crippen molar-refractivity contribution < 1.29 is 4.79 Å². The van der Waals surface area contributed by atoms with E-state index in [9.17, 15) is 4.79 Å². The lowest BCUT2D eigenvalue weighted by molar-refractivity contribution is -0.117. The summed E-state index contributed by atoms with van der Waals surface area (Å²) < 4.78 is 0. The molecule has 1 aromatic heterocycles. The number of thiophene rings is 1. The Bertz CT molecular complexity index is 532. The van der Waals surface area contributed by atoms with Gasteiger partial charge >= 0.3 is 0 Å². The molecule has 0 aromatic carbocycles. The van der Waals surface area contributed by atoms with Gasteiger partial charge < -0.3 is 5.73 Å². The van der Waals surface area contributed by atoms with Crippen molar-refractivity contribution in [2.75, 3.05) is 6.54 Å². The lowest BCUT2D eigenvalue weighted by Crippen LogP contribution is -2.08. The number of nitrogens with two attached hydrogens (primary N) is 1. The molecule has 2 N–H and O–H groups in total. The average Bonchev–Trinajstić information content (AvgIpc) is 3.27. The van der Waals surface area contributed by atoms with E-state index >= 15 is 0 Å². The average molecular weight is 348 g/mol. The quantitative estimate of drug-likeness (QED) is 0.504. The Labute approximate surface area is 152 Å². The number of rotatable bonds is 6. The lowest BCUT2D eigenvalue weighted by atomic mass is 9.94. The summed E-state index contributed by atoms with van der Waals surface area (Å²) in [6.45, 7) is 10.4. The number of carbonyl (C=O) groups is 1. The molecule has 0 amide bonds. The Morgan fingerprint density at radius 2 is 2.00 bits per heavy atom. The molecular weight excluding hydrogens is 314 g/mol. The number of carbonyl (C=O) groups excluding carboxylic acids is 1. The van der Waals surface area contributed by atoms with Gasteiger partial charge in [-0.1, -0.05) is 55.4 Å². The number of hydrogen-bond acceptors (Lipinski definition) is 3. The van der Waals surface area contributed by atoms with Crippen molar-refractivity contribution in [2.45, 2.75) is 59.8 Å². The molecule has 1 fully saturated rings. The van der Waals surface area contributed by atoms with Crippen LogP contribution in [0.4, 0.5) is 0 Å². The third kappa shape index (κ3) is 9.64. The summed E-state index contributed by atoms with van der Waals surface area (Å²) in [6.07, 6.45) is 11.9. The van der Waals surface area contributed by atoms with Crippen molar-refractivity contribution in [1.29, 1.82) is 0 Å². The Balaban J connectivity index is 0.000000488. The largest absolute Gasteiger partial charge is 0.330 e. The zero-order valence-electron chi connectivity index (χ0n) is 15.8. The molecule has 0 bridgehead atoms. The highest BCUT2D eigenvalue weighted by Gasteiger charge is 2.18. The highest BCUT2D eigenvalue weighted by molar-refractivity contribution is 7.10. The van der Waals surface area contributed by atoms with Gasteiger partial charge in [0.2, 0.25) is 0 Å². The monoisotopic (exact) mass is 347 g/mol. The minimum atomic E-state index is -0.0683. The van der Waals surface area contributed by atoms with Gasteiger partial charge in [-0.2, -0.15) is 0 Å². The van der Waals surface area contributed by atoms with E-state index in [1.807, 2.05) is 63.4 Å². The van der Waals surface area contributed by atoms with Crippen molar-refractivity contribution in [2.24, 2.45) is 5.73 Å². The maximum atomic E-state index is 11.6. The summed E-state index contributed by atoms with van der Waals surface area (Å²) in [6, 6.07) is 4.00. The van der Waals surface area contributed by atoms with Crippen LogP contribution in [0, 0.1) is 0 Å². The highest BCUT2D eigenvalue weighted by Crippen LogP contribution is 2.29. The first-order chi connectivity index (χ1) is 11.6. The van der Waals surface area contributed by atoms with Gasteiger partial charge in [-0.15, -0.1) is 11.3 Å². The standard InChI is InChI=1S/C13H16OS.C6H11N.C2H6/c1-4-5-7-10(2)13(11(3)14)12-8-6-9-15-12;7-5-1-2-6-3-4-6;1-2/h4-9,13H,1-3H3;2H,1,3-5,7H2;1-2H3/b5-4-,10-7+;;. The fourth-order valence-corrected chi connectivity index (χ4v) is 3.07. The topological polar surface area (TPSA) is 43.1 Å². The minimum absolute atomic E-state index is 0.0683. The molecule has 1 heterocycles. The van der Waals surface area contributed by atoms with E-state index in [4.69, 9.17) is 5.73 Å². The maximum Gasteiger partial charge on any atom is 0.142 e. The second-order valence-corrected chi connectivity index (χ2v) is 6.41. The van der Waals surface area contributed by atoms with Gasteiger partial charge in [-0.3, -0.25) is 4.79 Å². The van der Waals surface area contributed by atoms with Crippen LogP contribution in [-0.4, -0.2) is 12.3 Å². The highest BCUT2D eigenvalue weighted by atomic mass is 32.1. The molecule has 2 nitrogen and oxygen atoms in total. The molecule has 1 aliphatic carbocycles. The van der Waals surface area contributed by atoms with E-state index in [1.165, 1.54) is 12.8 Å². The summed E-state index contributed by atoms with van der Waals surface area (Å²) in [5.74, 6) is 0.136. The Morgan fingerprint density at radius 1 is 1.33 bits per heavy atom. The minimum Gasteiger partial charge on any atom is -0.330 e. The van der Waals surface area contributed by atoms with Crippen LogP contribution in [0.25, 0.3) is 0 Å². The molecule has 3 heteroatoms.